The second-order valence-electron chi connectivity index (χ2n) is 5.56. The van der Waals surface area contributed by atoms with Crippen LogP contribution in [0.4, 0.5) is 4.79 Å². The number of urea groups is 1. The first-order valence-corrected chi connectivity index (χ1v) is 7.87. The van der Waals surface area contributed by atoms with Gasteiger partial charge < -0.3 is 20.7 Å². The Morgan fingerprint density at radius 2 is 2.00 bits per heavy atom. The monoisotopic (exact) mass is 303 g/mol. The predicted octanol–water partition coefficient (Wildman–Crippen LogP) is 2.48. The molecule has 4 N–H and O–H groups in total. The average Bonchev–Trinajstić information content (AvgIpc) is 2.83. The molecule has 0 saturated carbocycles. The molecular weight excluding hydrogens is 278 g/mol. The number of aliphatic hydroxyl groups is 1. The zero-order chi connectivity index (χ0) is 15.9. The number of aromatic nitrogens is 1. The largest absolute Gasteiger partial charge is 0.393 e. The fourth-order valence-electron chi connectivity index (χ4n) is 2.58. The number of fused-ring (bicyclic) bond motifs is 1. The van der Waals surface area contributed by atoms with Gasteiger partial charge in [-0.1, -0.05) is 25.1 Å². The first-order chi connectivity index (χ1) is 10.6. The van der Waals surface area contributed by atoms with E-state index in [-0.39, 0.29) is 12.1 Å². The summed E-state index contributed by atoms with van der Waals surface area (Å²) in [6, 6.07) is 8.02. The van der Waals surface area contributed by atoms with E-state index in [1.54, 1.807) is 0 Å². The molecule has 22 heavy (non-hydrogen) atoms. The van der Waals surface area contributed by atoms with E-state index in [9.17, 15) is 9.90 Å². The van der Waals surface area contributed by atoms with Gasteiger partial charge in [0.2, 0.25) is 0 Å². The maximum atomic E-state index is 11.7. The van der Waals surface area contributed by atoms with Crippen LogP contribution >= 0.6 is 0 Å². The number of carbonyl (C=O) groups excluding carboxylic acids is 1. The van der Waals surface area contributed by atoms with Gasteiger partial charge in [0.05, 0.1) is 6.10 Å². The molecule has 1 heterocycles. The number of amides is 2. The molecule has 2 aromatic rings. The third-order valence-corrected chi connectivity index (χ3v) is 3.92. The molecule has 0 spiro atoms. The van der Waals surface area contributed by atoms with Crippen molar-refractivity contribution in [1.29, 1.82) is 0 Å². The second kappa shape index (κ2) is 7.84. The Balaban J connectivity index is 1.78. The van der Waals surface area contributed by atoms with Crippen LogP contribution in [0.2, 0.25) is 0 Å². The smallest absolute Gasteiger partial charge is 0.314 e. The maximum absolute atomic E-state index is 11.7. The van der Waals surface area contributed by atoms with E-state index in [0.29, 0.717) is 25.9 Å². The first-order valence-electron chi connectivity index (χ1n) is 7.87. The molecule has 5 heteroatoms. The van der Waals surface area contributed by atoms with Crippen molar-refractivity contribution in [3.8, 4) is 0 Å². The highest BCUT2D eigenvalue weighted by atomic mass is 16.3. The highest BCUT2D eigenvalue weighted by Crippen LogP contribution is 2.21. The van der Waals surface area contributed by atoms with Gasteiger partial charge in [0.25, 0.3) is 0 Å². The Labute approximate surface area is 131 Å². The minimum Gasteiger partial charge on any atom is -0.393 e. The summed E-state index contributed by atoms with van der Waals surface area (Å²) in [5, 5.41) is 16.3. The lowest BCUT2D eigenvalue weighted by atomic mass is 10.1. The van der Waals surface area contributed by atoms with Crippen molar-refractivity contribution in [3.05, 3.63) is 35.5 Å². The number of H-pyrrole nitrogens is 1. The number of aryl methyl sites for hydroxylation is 1. The van der Waals surface area contributed by atoms with Crippen molar-refractivity contribution in [1.82, 2.24) is 15.6 Å². The van der Waals surface area contributed by atoms with Gasteiger partial charge in [0.1, 0.15) is 0 Å². The highest BCUT2D eigenvalue weighted by molar-refractivity contribution is 5.84. The quantitative estimate of drug-likeness (QED) is 0.634. The fourth-order valence-corrected chi connectivity index (χ4v) is 2.58. The summed E-state index contributed by atoms with van der Waals surface area (Å²) in [5.74, 6) is 0. The number of carbonyl (C=O) groups is 1. The molecule has 1 unspecified atom stereocenters. The summed E-state index contributed by atoms with van der Waals surface area (Å²) in [4.78, 5) is 15.0. The Bertz CT molecular complexity index is 621. The molecule has 0 radical (unpaired) electrons. The zero-order valence-electron chi connectivity index (χ0n) is 13.3. The van der Waals surface area contributed by atoms with Crippen molar-refractivity contribution in [2.24, 2.45) is 0 Å². The van der Waals surface area contributed by atoms with Crippen molar-refractivity contribution < 1.29 is 9.90 Å². The van der Waals surface area contributed by atoms with E-state index in [1.807, 2.05) is 19.1 Å². The number of rotatable bonds is 7. The second-order valence-corrected chi connectivity index (χ2v) is 5.56. The van der Waals surface area contributed by atoms with E-state index < -0.39 is 0 Å². The summed E-state index contributed by atoms with van der Waals surface area (Å²) < 4.78 is 0. The summed E-state index contributed by atoms with van der Waals surface area (Å²) in [7, 11) is 0. The molecule has 2 rings (SSSR count). The van der Waals surface area contributed by atoms with Gasteiger partial charge in [0.15, 0.2) is 0 Å². The maximum Gasteiger partial charge on any atom is 0.314 e. The van der Waals surface area contributed by atoms with Crippen LogP contribution in [0.1, 0.15) is 31.0 Å². The van der Waals surface area contributed by atoms with Crippen LogP contribution in [0.5, 0.6) is 0 Å². The molecule has 1 aromatic carbocycles. The van der Waals surface area contributed by atoms with Crippen LogP contribution < -0.4 is 10.6 Å². The molecule has 0 aliphatic heterocycles. The molecule has 5 nitrogen and oxygen atoms in total. The Kier molecular flexibility index (Phi) is 5.83. The number of nitrogens with one attached hydrogen (secondary N) is 3. The molecule has 1 atom stereocenters. The lowest BCUT2D eigenvalue weighted by molar-refractivity contribution is 0.160. The molecule has 0 saturated heterocycles. The van der Waals surface area contributed by atoms with Gasteiger partial charge >= 0.3 is 6.03 Å². The molecule has 0 aliphatic carbocycles. The SMILES string of the molecule is CCC(O)CCNC(=O)NCCc1c(C)[nH]c2ccccc12. The molecule has 0 fully saturated rings. The Hall–Kier alpha value is -2.01. The van der Waals surface area contributed by atoms with E-state index in [4.69, 9.17) is 0 Å². The summed E-state index contributed by atoms with van der Waals surface area (Å²) in [6.45, 7) is 5.06. The third-order valence-electron chi connectivity index (χ3n) is 3.92. The van der Waals surface area contributed by atoms with E-state index in [0.717, 1.165) is 17.6 Å². The van der Waals surface area contributed by atoms with Crippen molar-refractivity contribution in [2.75, 3.05) is 13.1 Å². The van der Waals surface area contributed by atoms with E-state index >= 15 is 0 Å². The van der Waals surface area contributed by atoms with Gasteiger partial charge in [-0.05, 0) is 37.8 Å². The van der Waals surface area contributed by atoms with Crippen LogP contribution in [0.3, 0.4) is 0 Å². The Morgan fingerprint density at radius 3 is 2.77 bits per heavy atom. The summed E-state index contributed by atoms with van der Waals surface area (Å²) in [6.07, 6.45) is 1.75. The molecule has 120 valence electrons. The van der Waals surface area contributed by atoms with Crippen molar-refractivity contribution >= 4 is 16.9 Å². The molecule has 0 aliphatic rings. The zero-order valence-corrected chi connectivity index (χ0v) is 13.3. The predicted molar refractivity (Wildman–Crippen MR) is 89.1 cm³/mol. The minimum atomic E-state index is -0.339. The summed E-state index contributed by atoms with van der Waals surface area (Å²) in [5.41, 5.74) is 3.53. The van der Waals surface area contributed by atoms with Gasteiger partial charge in [-0.15, -0.1) is 0 Å². The summed E-state index contributed by atoms with van der Waals surface area (Å²) >= 11 is 0. The number of aliphatic hydroxyl groups excluding tert-OH is 1. The van der Waals surface area contributed by atoms with Gasteiger partial charge in [0, 0.05) is 29.7 Å². The van der Waals surface area contributed by atoms with Crippen LogP contribution in [0.25, 0.3) is 10.9 Å². The standard InChI is InChI=1S/C17H25N3O2/c1-3-13(21)8-10-18-17(22)19-11-9-14-12(2)20-16-7-5-4-6-15(14)16/h4-7,13,20-21H,3,8-11H2,1-2H3,(H2,18,19,22). The molecular formula is C17H25N3O2. The molecule has 1 aromatic heterocycles. The van der Waals surface area contributed by atoms with Crippen LogP contribution in [0.15, 0.2) is 24.3 Å². The number of hydrogen-bond donors (Lipinski definition) is 4. The van der Waals surface area contributed by atoms with Gasteiger partial charge in [-0.2, -0.15) is 0 Å². The van der Waals surface area contributed by atoms with E-state index in [1.165, 1.54) is 10.9 Å². The lowest BCUT2D eigenvalue weighted by Gasteiger charge is -2.10. The van der Waals surface area contributed by atoms with Crippen LogP contribution in [0, 0.1) is 6.92 Å². The van der Waals surface area contributed by atoms with Gasteiger partial charge in [-0.25, -0.2) is 4.79 Å². The fraction of sp³-hybridized carbons (Fsp3) is 0.471. The van der Waals surface area contributed by atoms with E-state index in [2.05, 4.69) is 34.7 Å². The Morgan fingerprint density at radius 1 is 1.27 bits per heavy atom. The molecule has 0 bridgehead atoms. The van der Waals surface area contributed by atoms with Crippen molar-refractivity contribution in [3.63, 3.8) is 0 Å². The normalized spacial score (nSPS) is 12.3. The van der Waals surface area contributed by atoms with Gasteiger partial charge in [-0.3, -0.25) is 0 Å². The highest BCUT2D eigenvalue weighted by Gasteiger charge is 2.08. The van der Waals surface area contributed by atoms with Crippen LogP contribution in [-0.2, 0) is 6.42 Å². The number of hydrogen-bond acceptors (Lipinski definition) is 2. The third kappa shape index (κ3) is 4.24. The number of aromatic amines is 1. The van der Waals surface area contributed by atoms with Crippen LogP contribution in [-0.4, -0.2) is 35.3 Å². The first kappa shape index (κ1) is 16.4. The topological polar surface area (TPSA) is 77.2 Å². The number of para-hydroxylation sites is 1. The molecule has 2 amide bonds. The van der Waals surface area contributed by atoms with Crippen molar-refractivity contribution in [2.45, 2.75) is 39.2 Å². The lowest BCUT2D eigenvalue weighted by Crippen LogP contribution is -2.37. The number of benzene rings is 1. The average molecular weight is 303 g/mol. The minimum absolute atomic E-state index is 0.180.